The van der Waals surface area contributed by atoms with Crippen LogP contribution in [0.2, 0.25) is 0 Å². The molecule has 3 heteroatoms. The van der Waals surface area contributed by atoms with E-state index in [2.05, 4.69) is 59.5 Å². The molecule has 0 aliphatic heterocycles. The number of aromatic nitrogens is 1. The second-order valence-corrected chi connectivity index (χ2v) is 5.11. The van der Waals surface area contributed by atoms with Crippen molar-refractivity contribution in [1.82, 2.24) is 9.88 Å². The van der Waals surface area contributed by atoms with Crippen LogP contribution in [-0.4, -0.2) is 11.7 Å². The minimum atomic E-state index is 0.674. The van der Waals surface area contributed by atoms with E-state index < -0.39 is 0 Å². The normalized spacial score (nSPS) is 10.9. The number of methoxy groups -OCH3 is 1. The average molecular weight is 272 g/mol. The Labute approximate surface area is 121 Å². The van der Waals surface area contributed by atoms with Crippen molar-refractivity contribution < 1.29 is 4.74 Å². The third-order valence-electron chi connectivity index (χ3n) is 3.25. The fraction of sp³-hybridized carbons (Fsp3) is 0.412. The molecule has 0 radical (unpaired) electrons. The number of hydrogen-bond acceptors (Lipinski definition) is 2. The van der Waals surface area contributed by atoms with Gasteiger partial charge in [0.25, 0.3) is 0 Å². The Kier molecular flexibility index (Phi) is 5.84. The van der Waals surface area contributed by atoms with Gasteiger partial charge in [-0.05, 0) is 29.2 Å². The molecule has 2 aromatic rings. The highest BCUT2D eigenvalue weighted by molar-refractivity contribution is 5.23. The van der Waals surface area contributed by atoms with Crippen molar-refractivity contribution in [3.8, 4) is 0 Å². The Bertz CT molecular complexity index is 519. The molecule has 3 nitrogen and oxygen atoms in total. The standard InChI is InChI=1S/C17H24N2O/c1-3-8-19-9-7-17(13-19)12-18-11-15-5-4-6-16(10-15)14-20-2/h4-7,9-10,13,18H,3,8,11-12,14H2,1-2H3. The average Bonchev–Trinajstić information content (AvgIpc) is 2.88. The van der Waals surface area contributed by atoms with E-state index in [0.29, 0.717) is 6.61 Å². The fourth-order valence-corrected chi connectivity index (χ4v) is 2.34. The molecule has 1 aromatic heterocycles. The van der Waals surface area contributed by atoms with Gasteiger partial charge in [0.15, 0.2) is 0 Å². The van der Waals surface area contributed by atoms with Gasteiger partial charge in [0.05, 0.1) is 6.61 Å². The topological polar surface area (TPSA) is 26.2 Å². The van der Waals surface area contributed by atoms with Gasteiger partial charge in [-0.2, -0.15) is 0 Å². The molecule has 0 bridgehead atoms. The zero-order valence-corrected chi connectivity index (χ0v) is 12.4. The summed E-state index contributed by atoms with van der Waals surface area (Å²) < 4.78 is 7.41. The summed E-state index contributed by atoms with van der Waals surface area (Å²) in [6.07, 6.45) is 5.55. The van der Waals surface area contributed by atoms with Crippen molar-refractivity contribution in [1.29, 1.82) is 0 Å². The lowest BCUT2D eigenvalue weighted by Gasteiger charge is -2.06. The second kappa shape index (κ2) is 7.88. The Balaban J connectivity index is 1.81. The van der Waals surface area contributed by atoms with Gasteiger partial charge in [0.2, 0.25) is 0 Å². The molecule has 1 N–H and O–H groups in total. The minimum absolute atomic E-state index is 0.674. The molecule has 0 saturated carbocycles. The largest absolute Gasteiger partial charge is 0.380 e. The predicted octanol–water partition coefficient (Wildman–Crippen LogP) is 3.33. The van der Waals surface area contributed by atoms with E-state index in [-0.39, 0.29) is 0 Å². The van der Waals surface area contributed by atoms with Crippen molar-refractivity contribution in [2.45, 2.75) is 39.6 Å². The fourth-order valence-electron chi connectivity index (χ4n) is 2.34. The van der Waals surface area contributed by atoms with Crippen molar-refractivity contribution in [3.63, 3.8) is 0 Å². The number of nitrogens with one attached hydrogen (secondary N) is 1. The molecule has 0 fully saturated rings. The van der Waals surface area contributed by atoms with Crippen LogP contribution in [0.3, 0.4) is 0 Å². The van der Waals surface area contributed by atoms with Gasteiger partial charge in [-0.15, -0.1) is 0 Å². The molecule has 108 valence electrons. The summed E-state index contributed by atoms with van der Waals surface area (Å²) in [6, 6.07) is 10.7. The van der Waals surface area contributed by atoms with E-state index >= 15 is 0 Å². The van der Waals surface area contributed by atoms with Gasteiger partial charge in [0, 0.05) is 39.1 Å². The first-order chi connectivity index (χ1) is 9.81. The highest BCUT2D eigenvalue weighted by Crippen LogP contribution is 2.07. The van der Waals surface area contributed by atoms with E-state index in [4.69, 9.17) is 4.74 Å². The van der Waals surface area contributed by atoms with Crippen LogP contribution >= 0.6 is 0 Å². The first kappa shape index (κ1) is 14.8. The van der Waals surface area contributed by atoms with E-state index in [9.17, 15) is 0 Å². The molecule has 0 unspecified atom stereocenters. The van der Waals surface area contributed by atoms with Gasteiger partial charge >= 0.3 is 0 Å². The van der Waals surface area contributed by atoms with Crippen LogP contribution in [0.1, 0.15) is 30.0 Å². The molecule has 20 heavy (non-hydrogen) atoms. The zero-order chi connectivity index (χ0) is 14.2. The smallest absolute Gasteiger partial charge is 0.0713 e. The Morgan fingerprint density at radius 3 is 2.70 bits per heavy atom. The monoisotopic (exact) mass is 272 g/mol. The molecular formula is C17H24N2O. The number of nitrogens with zero attached hydrogens (tertiary/aromatic N) is 1. The summed E-state index contributed by atoms with van der Waals surface area (Å²) in [6.45, 7) is 5.76. The lowest BCUT2D eigenvalue weighted by Crippen LogP contribution is -2.12. The lowest BCUT2D eigenvalue weighted by molar-refractivity contribution is 0.185. The second-order valence-electron chi connectivity index (χ2n) is 5.11. The minimum Gasteiger partial charge on any atom is -0.380 e. The quantitative estimate of drug-likeness (QED) is 0.797. The Hall–Kier alpha value is -1.58. The zero-order valence-electron chi connectivity index (χ0n) is 12.4. The van der Waals surface area contributed by atoms with Crippen LogP contribution < -0.4 is 5.32 Å². The molecule has 2 rings (SSSR count). The summed E-state index contributed by atoms with van der Waals surface area (Å²) in [7, 11) is 1.73. The Morgan fingerprint density at radius 1 is 1.10 bits per heavy atom. The molecule has 0 amide bonds. The van der Waals surface area contributed by atoms with Crippen LogP contribution in [0.5, 0.6) is 0 Å². The summed E-state index contributed by atoms with van der Waals surface area (Å²) in [4.78, 5) is 0. The molecule has 1 heterocycles. The summed E-state index contributed by atoms with van der Waals surface area (Å²) in [5.41, 5.74) is 3.86. The summed E-state index contributed by atoms with van der Waals surface area (Å²) in [5, 5.41) is 3.49. The highest BCUT2D eigenvalue weighted by Gasteiger charge is 1.98. The molecule has 0 spiro atoms. The maximum absolute atomic E-state index is 5.16. The Morgan fingerprint density at radius 2 is 1.90 bits per heavy atom. The maximum atomic E-state index is 5.16. The number of aryl methyl sites for hydroxylation is 1. The van der Waals surface area contributed by atoms with Gasteiger partial charge in [-0.25, -0.2) is 0 Å². The van der Waals surface area contributed by atoms with Crippen LogP contribution in [0, 0.1) is 0 Å². The van der Waals surface area contributed by atoms with Gasteiger partial charge < -0.3 is 14.6 Å². The van der Waals surface area contributed by atoms with Crippen molar-refractivity contribution in [2.75, 3.05) is 7.11 Å². The highest BCUT2D eigenvalue weighted by atomic mass is 16.5. The maximum Gasteiger partial charge on any atom is 0.0713 e. The lowest BCUT2D eigenvalue weighted by atomic mass is 10.1. The van der Waals surface area contributed by atoms with Crippen LogP contribution in [0.15, 0.2) is 42.7 Å². The van der Waals surface area contributed by atoms with Gasteiger partial charge in [0.1, 0.15) is 0 Å². The number of hydrogen-bond donors (Lipinski definition) is 1. The molecule has 0 aliphatic rings. The first-order valence-electron chi connectivity index (χ1n) is 7.24. The van der Waals surface area contributed by atoms with Crippen molar-refractivity contribution in [3.05, 3.63) is 59.4 Å². The molecular weight excluding hydrogens is 248 g/mol. The van der Waals surface area contributed by atoms with E-state index in [1.165, 1.54) is 23.1 Å². The van der Waals surface area contributed by atoms with E-state index in [1.807, 2.05) is 0 Å². The molecule has 0 aliphatic carbocycles. The predicted molar refractivity (Wildman–Crippen MR) is 82.4 cm³/mol. The van der Waals surface area contributed by atoms with Crippen LogP contribution in [-0.2, 0) is 31.0 Å². The van der Waals surface area contributed by atoms with Crippen LogP contribution in [0.4, 0.5) is 0 Å². The third-order valence-corrected chi connectivity index (χ3v) is 3.25. The SMILES string of the molecule is CCCn1ccc(CNCc2cccc(COC)c2)c1. The van der Waals surface area contributed by atoms with Crippen molar-refractivity contribution >= 4 is 0 Å². The third kappa shape index (κ3) is 4.51. The number of ether oxygens (including phenoxy) is 1. The van der Waals surface area contributed by atoms with Gasteiger partial charge in [-0.3, -0.25) is 0 Å². The van der Waals surface area contributed by atoms with E-state index in [1.54, 1.807) is 7.11 Å². The summed E-state index contributed by atoms with van der Waals surface area (Å²) >= 11 is 0. The van der Waals surface area contributed by atoms with Crippen molar-refractivity contribution in [2.24, 2.45) is 0 Å². The summed E-state index contributed by atoms with van der Waals surface area (Å²) in [5.74, 6) is 0. The first-order valence-corrected chi connectivity index (χ1v) is 7.24. The molecule has 1 aromatic carbocycles. The molecule has 0 atom stereocenters. The van der Waals surface area contributed by atoms with E-state index in [0.717, 1.165) is 19.6 Å². The van der Waals surface area contributed by atoms with Gasteiger partial charge in [-0.1, -0.05) is 31.2 Å². The number of rotatable bonds is 8. The molecule has 0 saturated heterocycles. The van der Waals surface area contributed by atoms with Crippen LogP contribution in [0.25, 0.3) is 0 Å². The number of benzene rings is 1.